The minimum absolute atomic E-state index is 0.0381. The molecule has 0 bridgehead atoms. The summed E-state index contributed by atoms with van der Waals surface area (Å²) in [5.41, 5.74) is 5.59. The van der Waals surface area contributed by atoms with E-state index in [9.17, 15) is 17.6 Å². The highest BCUT2D eigenvalue weighted by atomic mass is 79.9. The van der Waals surface area contributed by atoms with Crippen LogP contribution in [0.25, 0.3) is 0 Å². The zero-order valence-electron chi connectivity index (χ0n) is 9.08. The third-order valence-corrected chi connectivity index (χ3v) is 2.75. The van der Waals surface area contributed by atoms with Crippen molar-refractivity contribution in [3.05, 3.63) is 45.8 Å². The van der Waals surface area contributed by atoms with Gasteiger partial charge in [-0.2, -0.15) is 18.2 Å². The maximum atomic E-state index is 13.5. The van der Waals surface area contributed by atoms with E-state index >= 15 is 0 Å². The predicted molar refractivity (Wildman–Crippen MR) is 59.4 cm³/mol. The van der Waals surface area contributed by atoms with Crippen molar-refractivity contribution in [3.8, 4) is 0 Å². The Labute approximate surface area is 112 Å². The zero-order chi connectivity index (χ0) is 14.2. The van der Waals surface area contributed by atoms with E-state index in [4.69, 9.17) is 5.73 Å². The minimum Gasteiger partial charge on any atom is -0.329 e. The van der Waals surface area contributed by atoms with Gasteiger partial charge >= 0.3 is 12.1 Å². The number of halogens is 5. The van der Waals surface area contributed by atoms with Crippen molar-refractivity contribution in [2.45, 2.75) is 12.2 Å². The van der Waals surface area contributed by atoms with Crippen LogP contribution in [0.15, 0.2) is 27.2 Å². The van der Waals surface area contributed by atoms with E-state index in [0.717, 1.165) is 6.07 Å². The van der Waals surface area contributed by atoms with Crippen molar-refractivity contribution in [2.24, 2.45) is 5.73 Å². The Balaban J connectivity index is 2.36. The summed E-state index contributed by atoms with van der Waals surface area (Å²) < 4.78 is 55.0. The molecule has 1 atom stereocenters. The van der Waals surface area contributed by atoms with E-state index in [1.807, 2.05) is 0 Å². The van der Waals surface area contributed by atoms with Gasteiger partial charge in [-0.05, 0) is 18.2 Å². The van der Waals surface area contributed by atoms with Crippen LogP contribution < -0.4 is 5.73 Å². The smallest absolute Gasteiger partial charge is 0.329 e. The molecule has 0 aliphatic heterocycles. The lowest BCUT2D eigenvalue weighted by Gasteiger charge is -2.09. The standard InChI is InChI=1S/C10H6BrF4N3O/c11-4-1-2-6(12)5(3-4)7(16)8-17-9(19-18-8)10(13,14)15/h1-3,7H,16H2. The molecule has 1 heterocycles. The lowest BCUT2D eigenvalue weighted by atomic mass is 10.1. The van der Waals surface area contributed by atoms with E-state index in [2.05, 4.69) is 30.6 Å². The molecular weight excluding hydrogens is 334 g/mol. The first-order valence-electron chi connectivity index (χ1n) is 4.90. The summed E-state index contributed by atoms with van der Waals surface area (Å²) in [6.45, 7) is 0. The first kappa shape index (κ1) is 13.9. The molecule has 0 saturated heterocycles. The number of rotatable bonds is 2. The summed E-state index contributed by atoms with van der Waals surface area (Å²) >= 11 is 3.11. The van der Waals surface area contributed by atoms with Crippen LogP contribution in [0, 0.1) is 5.82 Å². The monoisotopic (exact) mass is 339 g/mol. The van der Waals surface area contributed by atoms with Gasteiger partial charge < -0.3 is 10.3 Å². The van der Waals surface area contributed by atoms with Gasteiger partial charge in [0.1, 0.15) is 5.82 Å². The van der Waals surface area contributed by atoms with Gasteiger partial charge in [0.05, 0.1) is 6.04 Å². The number of nitrogens with zero attached hydrogens (tertiary/aromatic N) is 2. The SMILES string of the molecule is NC(c1noc(C(F)(F)F)n1)c1cc(Br)ccc1F. The van der Waals surface area contributed by atoms with Crippen LogP contribution in [0.5, 0.6) is 0 Å². The van der Waals surface area contributed by atoms with Crippen molar-refractivity contribution in [2.75, 3.05) is 0 Å². The highest BCUT2D eigenvalue weighted by Gasteiger charge is 2.39. The summed E-state index contributed by atoms with van der Waals surface area (Å²) in [5, 5.41) is 3.12. The van der Waals surface area contributed by atoms with Crippen LogP contribution in [0.2, 0.25) is 0 Å². The largest absolute Gasteiger partial charge is 0.471 e. The molecule has 2 N–H and O–H groups in total. The molecule has 2 aromatic rings. The molecule has 1 aromatic carbocycles. The van der Waals surface area contributed by atoms with Gasteiger partial charge in [0.25, 0.3) is 0 Å². The van der Waals surface area contributed by atoms with Crippen molar-refractivity contribution in [1.29, 1.82) is 0 Å². The average Bonchev–Trinajstić information content (AvgIpc) is 2.80. The van der Waals surface area contributed by atoms with E-state index in [0.29, 0.717) is 4.47 Å². The van der Waals surface area contributed by atoms with E-state index < -0.39 is 29.8 Å². The lowest BCUT2D eigenvalue weighted by molar-refractivity contribution is -0.159. The molecule has 0 radical (unpaired) electrons. The molecule has 1 unspecified atom stereocenters. The van der Waals surface area contributed by atoms with Gasteiger partial charge in [0, 0.05) is 10.0 Å². The Morgan fingerprint density at radius 3 is 2.58 bits per heavy atom. The quantitative estimate of drug-likeness (QED) is 0.854. The maximum absolute atomic E-state index is 13.5. The number of hydrogen-bond acceptors (Lipinski definition) is 4. The van der Waals surface area contributed by atoms with Crippen LogP contribution in [0.1, 0.15) is 23.3 Å². The second-order valence-electron chi connectivity index (χ2n) is 3.60. The second kappa shape index (κ2) is 4.89. The molecule has 0 amide bonds. The molecule has 0 aliphatic carbocycles. The molecule has 4 nitrogen and oxygen atoms in total. The number of aromatic nitrogens is 2. The Morgan fingerprint density at radius 2 is 2.00 bits per heavy atom. The first-order chi connectivity index (χ1) is 8.79. The summed E-state index contributed by atoms with van der Waals surface area (Å²) in [5.74, 6) is -2.63. The molecular formula is C10H6BrF4N3O. The molecule has 9 heteroatoms. The number of alkyl halides is 3. The zero-order valence-corrected chi connectivity index (χ0v) is 10.7. The van der Waals surface area contributed by atoms with Gasteiger partial charge in [0.15, 0.2) is 5.82 Å². The van der Waals surface area contributed by atoms with Crippen LogP contribution in [0.4, 0.5) is 17.6 Å². The molecule has 0 fully saturated rings. The molecule has 2 rings (SSSR count). The highest BCUT2D eigenvalue weighted by Crippen LogP contribution is 2.29. The van der Waals surface area contributed by atoms with Gasteiger partial charge in [-0.25, -0.2) is 4.39 Å². The van der Waals surface area contributed by atoms with E-state index in [1.54, 1.807) is 0 Å². The molecule has 102 valence electrons. The normalized spacial score (nSPS) is 13.6. The van der Waals surface area contributed by atoms with Crippen molar-refractivity contribution in [3.63, 3.8) is 0 Å². The third kappa shape index (κ3) is 2.92. The van der Waals surface area contributed by atoms with Crippen molar-refractivity contribution < 1.29 is 22.1 Å². The Kier molecular flexibility index (Phi) is 3.59. The fourth-order valence-electron chi connectivity index (χ4n) is 1.37. The highest BCUT2D eigenvalue weighted by molar-refractivity contribution is 9.10. The number of nitrogens with two attached hydrogens (primary N) is 1. The predicted octanol–water partition coefficient (Wildman–Crippen LogP) is 3.04. The van der Waals surface area contributed by atoms with E-state index in [-0.39, 0.29) is 5.56 Å². The molecule has 0 aliphatic rings. The molecule has 1 aromatic heterocycles. The van der Waals surface area contributed by atoms with E-state index in [1.165, 1.54) is 12.1 Å². The topological polar surface area (TPSA) is 64.9 Å². The summed E-state index contributed by atoms with van der Waals surface area (Å²) in [4.78, 5) is 3.12. The van der Waals surface area contributed by atoms with Crippen LogP contribution >= 0.6 is 15.9 Å². The van der Waals surface area contributed by atoms with Crippen LogP contribution in [-0.2, 0) is 6.18 Å². The van der Waals surface area contributed by atoms with Crippen molar-refractivity contribution >= 4 is 15.9 Å². The summed E-state index contributed by atoms with van der Waals surface area (Å²) in [6.07, 6.45) is -4.76. The average molecular weight is 340 g/mol. The second-order valence-corrected chi connectivity index (χ2v) is 4.51. The van der Waals surface area contributed by atoms with Crippen LogP contribution in [0.3, 0.4) is 0 Å². The van der Waals surface area contributed by atoms with Gasteiger partial charge in [0.2, 0.25) is 0 Å². The fraction of sp³-hybridized carbons (Fsp3) is 0.200. The Hall–Kier alpha value is -1.48. The summed E-state index contributed by atoms with van der Waals surface area (Å²) in [7, 11) is 0. The first-order valence-corrected chi connectivity index (χ1v) is 5.69. The number of hydrogen-bond donors (Lipinski definition) is 1. The van der Waals surface area contributed by atoms with Gasteiger partial charge in [-0.15, -0.1) is 0 Å². The molecule has 19 heavy (non-hydrogen) atoms. The van der Waals surface area contributed by atoms with Crippen LogP contribution in [-0.4, -0.2) is 10.1 Å². The molecule has 0 spiro atoms. The lowest BCUT2D eigenvalue weighted by Crippen LogP contribution is -2.16. The van der Waals surface area contributed by atoms with Crippen molar-refractivity contribution in [1.82, 2.24) is 10.1 Å². The maximum Gasteiger partial charge on any atom is 0.471 e. The molecule has 0 saturated carbocycles. The Bertz CT molecular complexity index is 599. The van der Waals surface area contributed by atoms with Gasteiger partial charge in [-0.3, -0.25) is 0 Å². The third-order valence-electron chi connectivity index (χ3n) is 2.26. The number of benzene rings is 1. The Morgan fingerprint density at radius 1 is 1.32 bits per heavy atom. The van der Waals surface area contributed by atoms with Gasteiger partial charge in [-0.1, -0.05) is 21.1 Å². The summed E-state index contributed by atoms with van der Waals surface area (Å²) in [6, 6.07) is 2.65. The minimum atomic E-state index is -4.76. The fourth-order valence-corrected chi connectivity index (χ4v) is 1.75.